The van der Waals surface area contributed by atoms with E-state index in [2.05, 4.69) is 26.7 Å². The van der Waals surface area contributed by atoms with Gasteiger partial charge in [0.05, 0.1) is 17.4 Å². The number of aliphatic hydroxyl groups excluding tert-OH is 1. The molecule has 1 fully saturated rings. The summed E-state index contributed by atoms with van der Waals surface area (Å²) in [6.45, 7) is 6.96. The van der Waals surface area contributed by atoms with Crippen molar-refractivity contribution >= 4 is 16.5 Å². The van der Waals surface area contributed by atoms with Crippen molar-refractivity contribution in [2.75, 3.05) is 39.3 Å². The van der Waals surface area contributed by atoms with E-state index >= 15 is 0 Å². The molecule has 0 spiro atoms. The second kappa shape index (κ2) is 7.47. The summed E-state index contributed by atoms with van der Waals surface area (Å²) in [5.41, 5.74) is 0.192. The molecule has 0 saturated carbocycles. The van der Waals surface area contributed by atoms with E-state index in [1.807, 2.05) is 6.07 Å². The van der Waals surface area contributed by atoms with Crippen LogP contribution in [-0.4, -0.2) is 64.1 Å². The number of fused-ring (bicyclic) bond motifs is 1. The molecule has 0 aliphatic carbocycles. The molecule has 25 heavy (non-hydrogen) atoms. The van der Waals surface area contributed by atoms with Crippen LogP contribution >= 0.6 is 0 Å². The molecule has 0 bridgehead atoms. The second-order valence-electron chi connectivity index (χ2n) is 6.08. The van der Waals surface area contributed by atoms with Crippen molar-refractivity contribution in [1.29, 1.82) is 5.26 Å². The first-order valence-corrected chi connectivity index (χ1v) is 8.38. The summed E-state index contributed by atoms with van der Waals surface area (Å²) in [7, 11) is 0. The molecule has 2 heterocycles. The Labute approximate surface area is 145 Å². The van der Waals surface area contributed by atoms with Crippen LogP contribution in [0.15, 0.2) is 34.8 Å². The van der Waals surface area contributed by atoms with Gasteiger partial charge in [0.15, 0.2) is 5.82 Å². The third-order valence-corrected chi connectivity index (χ3v) is 4.54. The number of likely N-dealkylation sites (N-methyl/N-ethyl adjacent to an activating group) is 1. The van der Waals surface area contributed by atoms with Gasteiger partial charge in [0.2, 0.25) is 0 Å². The molecule has 2 N–H and O–H groups in total. The SMILES string of the molecule is CCN1CCN(C/C(O)=C(\C#N)c2nc3ccccc3c(=O)[nH]2)CC1. The molecule has 1 aliphatic rings. The molecule has 3 rings (SSSR count). The first kappa shape index (κ1) is 17.1. The summed E-state index contributed by atoms with van der Waals surface area (Å²) in [5, 5.41) is 20.4. The number of piperazine rings is 1. The molecular weight excluding hydrogens is 318 g/mol. The first-order valence-electron chi connectivity index (χ1n) is 8.38. The predicted molar refractivity (Wildman–Crippen MR) is 96.1 cm³/mol. The lowest BCUT2D eigenvalue weighted by molar-refractivity contribution is 0.135. The maximum Gasteiger partial charge on any atom is 0.259 e. The van der Waals surface area contributed by atoms with Crippen LogP contribution in [0, 0.1) is 11.3 Å². The highest BCUT2D eigenvalue weighted by Crippen LogP contribution is 2.16. The number of aromatic nitrogens is 2. The monoisotopic (exact) mass is 339 g/mol. The fraction of sp³-hybridized carbons (Fsp3) is 0.389. The summed E-state index contributed by atoms with van der Waals surface area (Å²) in [6.07, 6.45) is 0. The van der Waals surface area contributed by atoms with E-state index in [0.717, 1.165) is 32.7 Å². The number of nitrogens with one attached hydrogen (secondary N) is 1. The first-order chi connectivity index (χ1) is 12.1. The molecule has 1 aromatic carbocycles. The smallest absolute Gasteiger partial charge is 0.259 e. The zero-order valence-electron chi connectivity index (χ0n) is 14.2. The van der Waals surface area contributed by atoms with Crippen LogP contribution < -0.4 is 5.56 Å². The van der Waals surface area contributed by atoms with Crippen LogP contribution in [0.5, 0.6) is 0 Å². The highest BCUT2D eigenvalue weighted by Gasteiger charge is 2.19. The van der Waals surface area contributed by atoms with Gasteiger partial charge in [-0.3, -0.25) is 9.69 Å². The van der Waals surface area contributed by atoms with E-state index in [-0.39, 0.29) is 29.3 Å². The van der Waals surface area contributed by atoms with Gasteiger partial charge < -0.3 is 15.0 Å². The lowest BCUT2D eigenvalue weighted by Gasteiger charge is -2.33. The van der Waals surface area contributed by atoms with E-state index in [0.29, 0.717) is 10.9 Å². The Morgan fingerprint density at radius 1 is 1.28 bits per heavy atom. The highest BCUT2D eigenvalue weighted by molar-refractivity contribution is 5.81. The van der Waals surface area contributed by atoms with E-state index in [1.165, 1.54) is 0 Å². The lowest BCUT2D eigenvalue weighted by atomic mass is 10.2. The minimum atomic E-state index is -0.322. The lowest BCUT2D eigenvalue weighted by Crippen LogP contribution is -2.46. The van der Waals surface area contributed by atoms with Crippen LogP contribution in [0.25, 0.3) is 16.5 Å². The Balaban J connectivity index is 1.87. The van der Waals surface area contributed by atoms with Gasteiger partial charge in [-0.15, -0.1) is 0 Å². The normalized spacial score (nSPS) is 17.3. The molecule has 0 amide bonds. The van der Waals surface area contributed by atoms with E-state index in [9.17, 15) is 15.2 Å². The summed E-state index contributed by atoms with van der Waals surface area (Å²) in [5.74, 6) is 0.0433. The molecule has 0 atom stereocenters. The maximum absolute atomic E-state index is 12.2. The van der Waals surface area contributed by atoms with Gasteiger partial charge in [0, 0.05) is 26.2 Å². The molecule has 7 heteroatoms. The Hall–Kier alpha value is -2.69. The van der Waals surface area contributed by atoms with Crippen molar-refractivity contribution < 1.29 is 5.11 Å². The van der Waals surface area contributed by atoms with Gasteiger partial charge >= 0.3 is 0 Å². The average molecular weight is 339 g/mol. The molecule has 130 valence electrons. The molecule has 0 unspecified atom stereocenters. The molecule has 0 radical (unpaired) electrons. The average Bonchev–Trinajstić information content (AvgIpc) is 2.63. The molecular formula is C18H21N5O2. The van der Waals surface area contributed by atoms with Gasteiger partial charge in [-0.25, -0.2) is 4.98 Å². The van der Waals surface area contributed by atoms with Gasteiger partial charge in [-0.1, -0.05) is 19.1 Å². The predicted octanol–water partition coefficient (Wildman–Crippen LogP) is 1.35. The van der Waals surface area contributed by atoms with Gasteiger partial charge in [0.25, 0.3) is 5.56 Å². The largest absolute Gasteiger partial charge is 0.509 e. The maximum atomic E-state index is 12.2. The number of nitrogens with zero attached hydrogens (tertiary/aromatic N) is 4. The Morgan fingerprint density at radius 3 is 2.64 bits per heavy atom. The quantitative estimate of drug-likeness (QED) is 0.645. The van der Waals surface area contributed by atoms with E-state index in [4.69, 9.17) is 0 Å². The topological polar surface area (TPSA) is 96.2 Å². The summed E-state index contributed by atoms with van der Waals surface area (Å²) in [6, 6.07) is 8.90. The number of allylic oxidation sites excluding steroid dienone is 1. The van der Waals surface area contributed by atoms with Crippen LogP contribution in [0.2, 0.25) is 0 Å². The fourth-order valence-electron chi connectivity index (χ4n) is 3.01. The van der Waals surface area contributed by atoms with Crippen molar-refractivity contribution in [2.45, 2.75) is 6.92 Å². The zero-order chi connectivity index (χ0) is 17.8. The van der Waals surface area contributed by atoms with Crippen molar-refractivity contribution in [1.82, 2.24) is 19.8 Å². The van der Waals surface area contributed by atoms with Crippen molar-refractivity contribution in [3.8, 4) is 6.07 Å². The molecule has 1 saturated heterocycles. The summed E-state index contributed by atoms with van der Waals surface area (Å²) < 4.78 is 0. The third kappa shape index (κ3) is 3.71. The Morgan fingerprint density at radius 2 is 1.96 bits per heavy atom. The van der Waals surface area contributed by atoms with Crippen LogP contribution in [0.4, 0.5) is 0 Å². The Bertz CT molecular complexity index is 888. The number of benzene rings is 1. The van der Waals surface area contributed by atoms with Crippen molar-refractivity contribution in [3.63, 3.8) is 0 Å². The van der Waals surface area contributed by atoms with Crippen molar-refractivity contribution in [2.24, 2.45) is 0 Å². The molecule has 1 aromatic heterocycles. The minimum absolute atomic E-state index is 0.0146. The number of hydrogen-bond acceptors (Lipinski definition) is 6. The Kier molecular flexibility index (Phi) is 5.12. The second-order valence-corrected chi connectivity index (χ2v) is 6.08. The number of rotatable bonds is 4. The number of H-pyrrole nitrogens is 1. The van der Waals surface area contributed by atoms with E-state index < -0.39 is 0 Å². The molecule has 2 aromatic rings. The van der Waals surface area contributed by atoms with Crippen LogP contribution in [0.1, 0.15) is 12.7 Å². The standard InChI is InChI=1S/C18H21N5O2/c1-2-22-7-9-23(10-8-22)12-16(24)14(11-19)17-20-15-6-4-3-5-13(15)18(25)21-17/h3-6,24H,2,7-10,12H2,1H3,(H,20,21,25)/b16-14-. The fourth-order valence-corrected chi connectivity index (χ4v) is 3.01. The molecule has 7 nitrogen and oxygen atoms in total. The molecule has 1 aliphatic heterocycles. The highest BCUT2D eigenvalue weighted by atomic mass is 16.3. The summed E-state index contributed by atoms with van der Waals surface area (Å²) in [4.78, 5) is 23.5. The van der Waals surface area contributed by atoms with Crippen LogP contribution in [0.3, 0.4) is 0 Å². The minimum Gasteiger partial charge on any atom is -0.509 e. The number of nitriles is 1. The van der Waals surface area contributed by atoms with Gasteiger partial charge in [-0.05, 0) is 18.7 Å². The van der Waals surface area contributed by atoms with Crippen molar-refractivity contribution in [3.05, 3.63) is 46.2 Å². The number of aliphatic hydroxyl groups is 1. The number of aromatic amines is 1. The van der Waals surface area contributed by atoms with Gasteiger partial charge in [0.1, 0.15) is 17.4 Å². The third-order valence-electron chi connectivity index (χ3n) is 4.54. The summed E-state index contributed by atoms with van der Waals surface area (Å²) >= 11 is 0. The number of para-hydroxylation sites is 1. The van der Waals surface area contributed by atoms with Crippen LogP contribution in [-0.2, 0) is 0 Å². The zero-order valence-corrected chi connectivity index (χ0v) is 14.2. The van der Waals surface area contributed by atoms with Gasteiger partial charge in [-0.2, -0.15) is 5.26 Å². The number of hydrogen-bond donors (Lipinski definition) is 2. The van der Waals surface area contributed by atoms with E-state index in [1.54, 1.807) is 24.3 Å².